The van der Waals surface area contributed by atoms with Crippen LogP contribution in [0.25, 0.3) is 11.0 Å². The number of benzene rings is 2. The largest absolute Gasteiger partial charge is 0.497 e. The molecule has 1 aromatic heterocycles. The summed E-state index contributed by atoms with van der Waals surface area (Å²) in [5.41, 5.74) is 3.27. The number of ether oxygens (including phenoxy) is 1. The summed E-state index contributed by atoms with van der Waals surface area (Å²) in [5.74, 6) is 2.17. The first-order chi connectivity index (χ1) is 12.2. The average Bonchev–Trinajstić information content (AvgIpc) is 3.16. The summed E-state index contributed by atoms with van der Waals surface area (Å²) in [6.07, 6.45) is 0.530. The van der Waals surface area contributed by atoms with Gasteiger partial charge in [-0.1, -0.05) is 24.3 Å². The minimum absolute atomic E-state index is 0.142. The van der Waals surface area contributed by atoms with E-state index in [4.69, 9.17) is 9.72 Å². The van der Waals surface area contributed by atoms with Gasteiger partial charge < -0.3 is 14.2 Å². The van der Waals surface area contributed by atoms with E-state index in [0.717, 1.165) is 35.7 Å². The highest BCUT2D eigenvalue weighted by Gasteiger charge is 2.31. The van der Waals surface area contributed by atoms with Crippen LogP contribution in [0.15, 0.2) is 48.5 Å². The molecule has 5 nitrogen and oxygen atoms in total. The Morgan fingerprint density at radius 2 is 1.92 bits per heavy atom. The molecule has 0 bridgehead atoms. The Hall–Kier alpha value is -2.82. The molecule has 2 aromatic carbocycles. The number of nitrogens with zero attached hydrogens (tertiary/aromatic N) is 3. The van der Waals surface area contributed by atoms with Crippen molar-refractivity contribution in [1.29, 1.82) is 0 Å². The predicted octanol–water partition coefficient (Wildman–Crippen LogP) is 3.04. The molecule has 128 valence electrons. The molecule has 0 unspecified atom stereocenters. The maximum Gasteiger partial charge on any atom is 0.223 e. The summed E-state index contributed by atoms with van der Waals surface area (Å²) in [6.45, 7) is 1.46. The molecule has 3 aromatic rings. The zero-order valence-electron chi connectivity index (χ0n) is 14.5. The normalized spacial score (nSPS) is 17.4. The highest BCUT2D eigenvalue weighted by Crippen LogP contribution is 2.30. The van der Waals surface area contributed by atoms with Crippen LogP contribution in [0.2, 0.25) is 0 Å². The summed E-state index contributed by atoms with van der Waals surface area (Å²) >= 11 is 0. The number of carbonyl (C=O) groups is 1. The maximum absolute atomic E-state index is 12.0. The first-order valence-corrected chi connectivity index (χ1v) is 8.48. The van der Waals surface area contributed by atoms with Crippen molar-refractivity contribution in [2.45, 2.75) is 18.9 Å². The zero-order valence-corrected chi connectivity index (χ0v) is 14.5. The number of amides is 1. The van der Waals surface area contributed by atoms with Gasteiger partial charge in [0.1, 0.15) is 11.6 Å². The number of rotatable bonds is 4. The molecule has 1 aliphatic rings. The Bertz CT molecular complexity index is 914. The van der Waals surface area contributed by atoms with E-state index in [1.807, 2.05) is 37.4 Å². The molecule has 0 radical (unpaired) electrons. The summed E-state index contributed by atoms with van der Waals surface area (Å²) in [6, 6.07) is 16.3. The number of hydrogen-bond donors (Lipinski definition) is 0. The lowest BCUT2D eigenvalue weighted by molar-refractivity contribution is -0.126. The number of likely N-dealkylation sites (tertiary alicyclic amines) is 1. The Morgan fingerprint density at radius 3 is 2.60 bits per heavy atom. The van der Waals surface area contributed by atoms with Gasteiger partial charge in [0.2, 0.25) is 5.91 Å². The molecule has 5 heteroatoms. The van der Waals surface area contributed by atoms with Crippen molar-refractivity contribution in [3.8, 4) is 5.75 Å². The Labute approximate surface area is 146 Å². The van der Waals surface area contributed by atoms with E-state index in [1.165, 1.54) is 5.56 Å². The van der Waals surface area contributed by atoms with E-state index in [2.05, 4.69) is 22.8 Å². The average molecular weight is 335 g/mol. The lowest BCUT2D eigenvalue weighted by Gasteiger charge is -2.14. The fourth-order valence-electron chi connectivity index (χ4n) is 3.52. The van der Waals surface area contributed by atoms with Crippen LogP contribution in [0.4, 0.5) is 0 Å². The molecule has 4 rings (SSSR count). The molecule has 1 aliphatic heterocycles. The van der Waals surface area contributed by atoms with Gasteiger partial charge >= 0.3 is 0 Å². The topological polar surface area (TPSA) is 47.4 Å². The van der Waals surface area contributed by atoms with Crippen LogP contribution in [-0.4, -0.2) is 41.1 Å². The van der Waals surface area contributed by atoms with Gasteiger partial charge in [0.25, 0.3) is 0 Å². The van der Waals surface area contributed by atoms with E-state index < -0.39 is 0 Å². The van der Waals surface area contributed by atoms with Gasteiger partial charge in [-0.25, -0.2) is 4.98 Å². The number of likely N-dealkylation sites (N-methyl/N-ethyl adjacent to an activating group) is 1. The van der Waals surface area contributed by atoms with Crippen LogP contribution in [0.5, 0.6) is 5.75 Å². The molecule has 1 amide bonds. The lowest BCUT2D eigenvalue weighted by atomic mass is 10.1. The first kappa shape index (κ1) is 15.7. The lowest BCUT2D eigenvalue weighted by Crippen LogP contribution is -2.19. The van der Waals surface area contributed by atoms with Crippen molar-refractivity contribution in [2.75, 3.05) is 20.7 Å². The third-order valence-corrected chi connectivity index (χ3v) is 4.89. The monoisotopic (exact) mass is 335 g/mol. The van der Waals surface area contributed by atoms with E-state index in [1.54, 1.807) is 12.0 Å². The highest BCUT2D eigenvalue weighted by molar-refractivity contribution is 5.80. The molecule has 0 aliphatic carbocycles. The van der Waals surface area contributed by atoms with Crippen LogP contribution in [0, 0.1) is 0 Å². The number of imidazole rings is 1. The van der Waals surface area contributed by atoms with Crippen LogP contribution in [0.1, 0.15) is 23.7 Å². The molecule has 0 N–H and O–H groups in total. The zero-order chi connectivity index (χ0) is 17.4. The second-order valence-electron chi connectivity index (χ2n) is 6.57. The first-order valence-electron chi connectivity index (χ1n) is 8.48. The van der Waals surface area contributed by atoms with Crippen molar-refractivity contribution in [3.05, 3.63) is 59.9 Å². The minimum Gasteiger partial charge on any atom is -0.497 e. The summed E-state index contributed by atoms with van der Waals surface area (Å²) in [7, 11) is 3.53. The second-order valence-corrected chi connectivity index (χ2v) is 6.57. The van der Waals surface area contributed by atoms with E-state index >= 15 is 0 Å². The van der Waals surface area contributed by atoms with Gasteiger partial charge in [-0.2, -0.15) is 0 Å². The fraction of sp³-hybridized carbons (Fsp3) is 0.300. The van der Waals surface area contributed by atoms with E-state index in [-0.39, 0.29) is 11.8 Å². The number of carbonyl (C=O) groups excluding carboxylic acids is 1. The van der Waals surface area contributed by atoms with Gasteiger partial charge in [0.05, 0.1) is 18.1 Å². The summed E-state index contributed by atoms with van der Waals surface area (Å²) < 4.78 is 7.49. The van der Waals surface area contributed by atoms with Crippen molar-refractivity contribution in [2.24, 2.45) is 0 Å². The molecule has 25 heavy (non-hydrogen) atoms. The highest BCUT2D eigenvalue weighted by atomic mass is 16.5. The van der Waals surface area contributed by atoms with Crippen LogP contribution < -0.4 is 4.74 Å². The number of fused-ring (bicyclic) bond motifs is 1. The molecule has 1 fully saturated rings. The predicted molar refractivity (Wildman–Crippen MR) is 96.8 cm³/mol. The van der Waals surface area contributed by atoms with Crippen molar-refractivity contribution in [3.63, 3.8) is 0 Å². The van der Waals surface area contributed by atoms with Gasteiger partial charge in [0, 0.05) is 32.5 Å². The Balaban J connectivity index is 1.75. The number of methoxy groups -OCH3 is 1. The van der Waals surface area contributed by atoms with Crippen molar-refractivity contribution >= 4 is 16.9 Å². The van der Waals surface area contributed by atoms with E-state index in [9.17, 15) is 4.79 Å². The SMILES string of the molecule is COc1ccc(Cn2c([C@@H]3CC(=O)N(C)C3)nc3ccccc32)cc1. The summed E-state index contributed by atoms with van der Waals surface area (Å²) in [4.78, 5) is 18.6. The molecule has 1 atom stereocenters. The third kappa shape index (κ3) is 2.86. The van der Waals surface area contributed by atoms with Crippen LogP contribution >= 0.6 is 0 Å². The number of hydrogen-bond acceptors (Lipinski definition) is 3. The van der Waals surface area contributed by atoms with Crippen molar-refractivity contribution < 1.29 is 9.53 Å². The second kappa shape index (κ2) is 6.24. The third-order valence-electron chi connectivity index (χ3n) is 4.89. The smallest absolute Gasteiger partial charge is 0.223 e. The van der Waals surface area contributed by atoms with Gasteiger partial charge in [-0.15, -0.1) is 0 Å². The van der Waals surface area contributed by atoms with Crippen LogP contribution in [-0.2, 0) is 11.3 Å². The van der Waals surface area contributed by atoms with Crippen molar-refractivity contribution in [1.82, 2.24) is 14.5 Å². The molecule has 0 spiro atoms. The van der Waals surface area contributed by atoms with E-state index in [0.29, 0.717) is 6.42 Å². The van der Waals surface area contributed by atoms with Gasteiger partial charge in [0.15, 0.2) is 0 Å². The maximum atomic E-state index is 12.0. The minimum atomic E-state index is 0.142. The number of para-hydroxylation sites is 2. The Morgan fingerprint density at radius 1 is 1.16 bits per heavy atom. The molecule has 0 saturated carbocycles. The van der Waals surface area contributed by atoms with Crippen LogP contribution in [0.3, 0.4) is 0 Å². The molecule has 2 heterocycles. The van der Waals surface area contributed by atoms with Gasteiger partial charge in [-0.05, 0) is 29.8 Å². The quantitative estimate of drug-likeness (QED) is 0.736. The number of aromatic nitrogens is 2. The van der Waals surface area contributed by atoms with Gasteiger partial charge in [-0.3, -0.25) is 4.79 Å². The molecular weight excluding hydrogens is 314 g/mol. The Kier molecular flexibility index (Phi) is 3.92. The standard InChI is InChI=1S/C20H21N3O2/c1-22-13-15(11-19(22)24)20-21-17-5-3-4-6-18(17)23(20)12-14-7-9-16(25-2)10-8-14/h3-10,15H,11-13H2,1-2H3/t15-/m1/s1. The summed E-state index contributed by atoms with van der Waals surface area (Å²) in [5, 5.41) is 0. The molecule has 1 saturated heterocycles. The fourth-order valence-corrected chi connectivity index (χ4v) is 3.52. The molecular formula is C20H21N3O2.